The Morgan fingerprint density at radius 3 is 2.05 bits per heavy atom. The van der Waals surface area contributed by atoms with Gasteiger partial charge >= 0.3 is 0 Å². The van der Waals surface area contributed by atoms with Crippen LogP contribution in [0.2, 0.25) is 0 Å². The van der Waals surface area contributed by atoms with E-state index in [1.807, 2.05) is 32.8 Å². The van der Waals surface area contributed by atoms with Crippen molar-refractivity contribution in [3.8, 4) is 0 Å². The molecule has 0 aromatic rings. The molecule has 19 heavy (non-hydrogen) atoms. The predicted octanol–water partition coefficient (Wildman–Crippen LogP) is 0.0314. The van der Waals surface area contributed by atoms with Gasteiger partial charge in [0.25, 0.3) is 10.2 Å². The lowest BCUT2D eigenvalue weighted by Crippen LogP contribution is -2.46. The summed E-state index contributed by atoms with van der Waals surface area (Å²) < 4.78 is 27.9. The summed E-state index contributed by atoms with van der Waals surface area (Å²) in [6.45, 7) is 6.80. The maximum Gasteiger partial charge on any atom is 0.281 e. The van der Waals surface area contributed by atoms with E-state index in [-0.39, 0.29) is 0 Å². The molecule has 0 heterocycles. The molecule has 0 aliphatic carbocycles. The van der Waals surface area contributed by atoms with Gasteiger partial charge < -0.3 is 10.6 Å². The van der Waals surface area contributed by atoms with Crippen LogP contribution in [0.15, 0.2) is 0 Å². The number of hydrogen-bond donors (Lipinski definition) is 1. The fourth-order valence-electron chi connectivity index (χ4n) is 1.65. The lowest BCUT2D eigenvalue weighted by molar-refractivity contribution is 0.293. The third-order valence-corrected chi connectivity index (χ3v) is 4.72. The normalized spacial score (nSPS) is 13.2. The van der Waals surface area contributed by atoms with Gasteiger partial charge in [0.15, 0.2) is 0 Å². The summed E-state index contributed by atoms with van der Waals surface area (Å²) in [7, 11) is 2.12. The van der Waals surface area contributed by atoms with E-state index in [4.69, 9.17) is 5.73 Å². The zero-order valence-corrected chi connectivity index (χ0v) is 13.8. The first-order chi connectivity index (χ1) is 8.71. The van der Waals surface area contributed by atoms with Gasteiger partial charge in [0.1, 0.15) is 0 Å². The molecule has 2 N–H and O–H groups in total. The van der Waals surface area contributed by atoms with E-state index in [0.717, 1.165) is 6.54 Å². The molecule has 0 amide bonds. The minimum atomic E-state index is -3.38. The molecule has 0 fully saturated rings. The van der Waals surface area contributed by atoms with E-state index >= 15 is 0 Å². The minimum absolute atomic E-state index is 0.305. The Labute approximate surface area is 118 Å². The van der Waals surface area contributed by atoms with Crippen LogP contribution in [-0.2, 0) is 10.2 Å². The highest BCUT2D eigenvalue weighted by Crippen LogP contribution is 2.10. The summed E-state index contributed by atoms with van der Waals surface area (Å²) in [4.78, 5) is 1.99. The molecule has 0 aromatic carbocycles. The van der Waals surface area contributed by atoms with Crippen LogP contribution in [0, 0.1) is 5.92 Å². The second kappa shape index (κ2) is 8.86. The van der Waals surface area contributed by atoms with Gasteiger partial charge in [-0.15, -0.1) is 0 Å². The Morgan fingerprint density at radius 2 is 1.63 bits per heavy atom. The van der Waals surface area contributed by atoms with Gasteiger partial charge in [0.05, 0.1) is 0 Å². The Bertz CT molecular complexity index is 331. The van der Waals surface area contributed by atoms with Crippen LogP contribution in [-0.4, -0.2) is 75.8 Å². The molecule has 0 saturated heterocycles. The molecule has 0 rings (SSSR count). The van der Waals surface area contributed by atoms with Gasteiger partial charge in [-0.2, -0.15) is 17.0 Å². The highest BCUT2D eigenvalue weighted by molar-refractivity contribution is 7.86. The quantitative estimate of drug-likeness (QED) is 0.617. The minimum Gasteiger partial charge on any atom is -0.330 e. The molecule has 0 bridgehead atoms. The maximum absolute atomic E-state index is 12.5. The summed E-state index contributed by atoms with van der Waals surface area (Å²) in [6.07, 6.45) is 0.679. The van der Waals surface area contributed by atoms with Gasteiger partial charge in [-0.05, 0) is 33.0 Å². The van der Waals surface area contributed by atoms with Crippen molar-refractivity contribution in [1.82, 2.24) is 13.5 Å². The van der Waals surface area contributed by atoms with Crippen LogP contribution < -0.4 is 5.73 Å². The lowest BCUT2D eigenvalue weighted by Gasteiger charge is -2.29. The monoisotopic (exact) mass is 294 g/mol. The fourth-order valence-corrected chi connectivity index (χ4v) is 3.20. The van der Waals surface area contributed by atoms with Crippen molar-refractivity contribution in [2.75, 3.05) is 53.9 Å². The predicted molar refractivity (Wildman–Crippen MR) is 80.2 cm³/mol. The number of rotatable bonds is 10. The maximum atomic E-state index is 12.5. The molecular formula is C12H30N4O2S. The van der Waals surface area contributed by atoms with Gasteiger partial charge in [-0.3, -0.25) is 0 Å². The smallest absolute Gasteiger partial charge is 0.281 e. The van der Waals surface area contributed by atoms with Crippen molar-refractivity contribution in [3.05, 3.63) is 0 Å². The molecule has 0 radical (unpaired) electrons. The Balaban J connectivity index is 4.79. The zero-order chi connectivity index (χ0) is 15.1. The van der Waals surface area contributed by atoms with E-state index in [1.54, 1.807) is 11.4 Å². The fraction of sp³-hybridized carbons (Fsp3) is 1.00. The first kappa shape index (κ1) is 18.8. The molecule has 7 heteroatoms. The highest BCUT2D eigenvalue weighted by Gasteiger charge is 2.26. The summed E-state index contributed by atoms with van der Waals surface area (Å²) >= 11 is 0. The Hall–Kier alpha value is -0.210. The molecule has 0 spiro atoms. The lowest BCUT2D eigenvalue weighted by atomic mass is 10.2. The Kier molecular flexibility index (Phi) is 8.76. The van der Waals surface area contributed by atoms with E-state index < -0.39 is 10.2 Å². The molecule has 0 atom stereocenters. The summed E-state index contributed by atoms with van der Waals surface area (Å²) in [5.74, 6) is 0.305. The van der Waals surface area contributed by atoms with E-state index in [1.165, 1.54) is 4.31 Å². The topological polar surface area (TPSA) is 69.9 Å². The summed E-state index contributed by atoms with van der Waals surface area (Å²) in [5, 5.41) is 0. The second-order valence-electron chi connectivity index (χ2n) is 5.53. The van der Waals surface area contributed by atoms with E-state index in [0.29, 0.717) is 38.5 Å². The molecule has 116 valence electrons. The molecule has 0 aliphatic rings. The molecule has 0 aromatic heterocycles. The molecule has 6 nitrogen and oxygen atoms in total. The zero-order valence-electron chi connectivity index (χ0n) is 13.0. The van der Waals surface area contributed by atoms with Crippen molar-refractivity contribution < 1.29 is 8.42 Å². The van der Waals surface area contributed by atoms with Crippen LogP contribution in [0.5, 0.6) is 0 Å². The van der Waals surface area contributed by atoms with Gasteiger partial charge in [-0.1, -0.05) is 13.8 Å². The van der Waals surface area contributed by atoms with Crippen molar-refractivity contribution in [1.29, 1.82) is 0 Å². The molecule has 0 saturated carbocycles. The average molecular weight is 294 g/mol. The van der Waals surface area contributed by atoms with Gasteiger partial charge in [0, 0.05) is 33.2 Å². The summed E-state index contributed by atoms with van der Waals surface area (Å²) in [6, 6.07) is 0. The number of nitrogens with zero attached hydrogens (tertiary/aromatic N) is 3. The first-order valence-electron chi connectivity index (χ1n) is 6.78. The van der Waals surface area contributed by atoms with Crippen LogP contribution in [0.3, 0.4) is 0 Å². The Morgan fingerprint density at radius 1 is 1.05 bits per heavy atom. The third kappa shape index (κ3) is 7.22. The van der Waals surface area contributed by atoms with Crippen LogP contribution >= 0.6 is 0 Å². The average Bonchev–Trinajstić information content (AvgIpc) is 2.30. The van der Waals surface area contributed by atoms with Crippen molar-refractivity contribution in [2.45, 2.75) is 20.3 Å². The van der Waals surface area contributed by atoms with E-state index in [9.17, 15) is 8.42 Å². The first-order valence-corrected chi connectivity index (χ1v) is 8.17. The van der Waals surface area contributed by atoms with E-state index in [2.05, 4.69) is 0 Å². The van der Waals surface area contributed by atoms with Crippen molar-refractivity contribution in [2.24, 2.45) is 11.7 Å². The molecular weight excluding hydrogens is 264 g/mol. The largest absolute Gasteiger partial charge is 0.330 e. The number of hydrogen-bond acceptors (Lipinski definition) is 4. The van der Waals surface area contributed by atoms with Crippen LogP contribution in [0.25, 0.3) is 0 Å². The standard InChI is InChI=1S/C12H30N4O2S/c1-12(2)11-16(10-9-14(3)4)19(17,18)15(5)8-6-7-13/h12H,6-11,13H2,1-5H3. The van der Waals surface area contributed by atoms with Crippen molar-refractivity contribution >= 4 is 10.2 Å². The third-order valence-electron chi connectivity index (χ3n) is 2.76. The summed E-state index contributed by atoms with van der Waals surface area (Å²) in [5.41, 5.74) is 5.43. The second-order valence-corrected chi connectivity index (χ2v) is 7.56. The number of likely N-dealkylation sites (N-methyl/N-ethyl adjacent to an activating group) is 1. The van der Waals surface area contributed by atoms with Crippen LogP contribution in [0.4, 0.5) is 0 Å². The van der Waals surface area contributed by atoms with Crippen LogP contribution in [0.1, 0.15) is 20.3 Å². The van der Waals surface area contributed by atoms with Gasteiger partial charge in [0.2, 0.25) is 0 Å². The molecule has 0 aliphatic heterocycles. The van der Waals surface area contributed by atoms with Crippen molar-refractivity contribution in [3.63, 3.8) is 0 Å². The SMILES string of the molecule is CC(C)CN(CCN(C)C)S(=O)(=O)N(C)CCCN. The highest BCUT2D eigenvalue weighted by atomic mass is 32.2. The number of nitrogens with two attached hydrogens (primary N) is 1. The van der Waals surface area contributed by atoms with Gasteiger partial charge in [-0.25, -0.2) is 0 Å². The molecule has 0 unspecified atom stereocenters.